The molecular formula is C20H23NO6. The third-order valence-corrected chi connectivity index (χ3v) is 3.96. The average molecular weight is 373 g/mol. The zero-order valence-corrected chi connectivity index (χ0v) is 15.7. The maximum absolute atomic E-state index is 12.5. The molecule has 0 aliphatic carbocycles. The fourth-order valence-electron chi connectivity index (χ4n) is 2.63. The van der Waals surface area contributed by atoms with E-state index >= 15 is 0 Å². The minimum atomic E-state index is -0.501. The van der Waals surface area contributed by atoms with E-state index in [-0.39, 0.29) is 25.8 Å². The monoisotopic (exact) mass is 373 g/mol. The van der Waals surface area contributed by atoms with Crippen LogP contribution in [0.1, 0.15) is 46.7 Å². The van der Waals surface area contributed by atoms with Gasteiger partial charge in [0.2, 0.25) is 0 Å². The van der Waals surface area contributed by atoms with Gasteiger partial charge in [-0.3, -0.25) is 9.59 Å². The number of aromatic nitrogens is 1. The summed E-state index contributed by atoms with van der Waals surface area (Å²) >= 11 is 0. The summed E-state index contributed by atoms with van der Waals surface area (Å²) in [5, 5.41) is 0. The SMILES string of the molecule is CC(=O)OCCc1c(COC(C)=O)[nH]c(C(=O)OCc2ccccc2)c1C. The molecule has 0 aliphatic heterocycles. The van der Waals surface area contributed by atoms with Gasteiger partial charge in [0.15, 0.2) is 0 Å². The first-order valence-corrected chi connectivity index (χ1v) is 8.56. The van der Waals surface area contributed by atoms with Gasteiger partial charge in [0, 0.05) is 20.3 Å². The summed E-state index contributed by atoms with van der Waals surface area (Å²) in [4.78, 5) is 37.6. The predicted molar refractivity (Wildman–Crippen MR) is 96.9 cm³/mol. The van der Waals surface area contributed by atoms with Crippen LogP contribution in [0, 0.1) is 6.92 Å². The van der Waals surface area contributed by atoms with Crippen molar-refractivity contribution in [2.45, 2.75) is 40.4 Å². The molecule has 0 aliphatic rings. The minimum absolute atomic E-state index is 0.00244. The molecule has 0 fully saturated rings. The molecule has 0 spiro atoms. The van der Waals surface area contributed by atoms with Crippen molar-refractivity contribution in [1.29, 1.82) is 0 Å². The molecule has 0 amide bonds. The molecule has 2 rings (SSSR count). The third kappa shape index (κ3) is 5.99. The highest BCUT2D eigenvalue weighted by Crippen LogP contribution is 2.21. The molecule has 0 bridgehead atoms. The number of carbonyl (C=O) groups is 3. The quantitative estimate of drug-likeness (QED) is 0.565. The molecule has 0 radical (unpaired) electrons. The molecule has 2 aromatic rings. The Bertz CT molecular complexity index is 809. The van der Waals surface area contributed by atoms with Crippen molar-refractivity contribution in [3.05, 3.63) is 58.4 Å². The number of hydrogen-bond acceptors (Lipinski definition) is 6. The van der Waals surface area contributed by atoms with Crippen LogP contribution >= 0.6 is 0 Å². The largest absolute Gasteiger partial charge is 0.466 e. The van der Waals surface area contributed by atoms with Gasteiger partial charge in [0.05, 0.1) is 12.3 Å². The zero-order valence-electron chi connectivity index (χ0n) is 15.7. The van der Waals surface area contributed by atoms with Crippen LogP contribution in [0.5, 0.6) is 0 Å². The molecule has 144 valence electrons. The lowest BCUT2D eigenvalue weighted by Gasteiger charge is -2.06. The van der Waals surface area contributed by atoms with Crippen molar-refractivity contribution in [3.8, 4) is 0 Å². The maximum Gasteiger partial charge on any atom is 0.355 e. The van der Waals surface area contributed by atoms with Crippen LogP contribution in [0.4, 0.5) is 0 Å². The van der Waals surface area contributed by atoms with Gasteiger partial charge < -0.3 is 19.2 Å². The van der Waals surface area contributed by atoms with Gasteiger partial charge in [-0.05, 0) is 23.6 Å². The Kier molecular flexibility index (Phi) is 7.16. The number of H-pyrrole nitrogens is 1. The Morgan fingerprint density at radius 2 is 1.59 bits per heavy atom. The highest BCUT2D eigenvalue weighted by molar-refractivity contribution is 5.89. The van der Waals surface area contributed by atoms with E-state index in [1.54, 1.807) is 6.92 Å². The number of ether oxygens (including phenoxy) is 3. The van der Waals surface area contributed by atoms with E-state index in [0.717, 1.165) is 11.1 Å². The van der Waals surface area contributed by atoms with Crippen molar-refractivity contribution in [1.82, 2.24) is 4.98 Å². The summed E-state index contributed by atoms with van der Waals surface area (Å²) in [6.07, 6.45) is 0.393. The van der Waals surface area contributed by atoms with Gasteiger partial charge in [-0.1, -0.05) is 30.3 Å². The Labute approximate surface area is 157 Å². The molecule has 1 heterocycles. The lowest BCUT2D eigenvalue weighted by molar-refractivity contribution is -0.142. The summed E-state index contributed by atoms with van der Waals surface area (Å²) in [6, 6.07) is 9.36. The van der Waals surface area contributed by atoms with Crippen LogP contribution in [0.2, 0.25) is 0 Å². The summed E-state index contributed by atoms with van der Waals surface area (Å²) in [7, 11) is 0. The number of esters is 3. The van der Waals surface area contributed by atoms with E-state index < -0.39 is 11.9 Å². The first kappa shape index (κ1) is 20.2. The summed E-state index contributed by atoms with van der Waals surface area (Å²) < 4.78 is 15.4. The van der Waals surface area contributed by atoms with Gasteiger partial charge in [-0.25, -0.2) is 4.79 Å². The standard InChI is InChI=1S/C20H23NO6/c1-13-17(9-10-25-14(2)22)18(12-26-15(3)23)21-19(13)20(24)27-11-16-7-5-4-6-8-16/h4-8,21H,9-12H2,1-3H3. The number of nitrogens with one attached hydrogen (secondary N) is 1. The highest BCUT2D eigenvalue weighted by Gasteiger charge is 2.21. The Morgan fingerprint density at radius 3 is 2.22 bits per heavy atom. The highest BCUT2D eigenvalue weighted by atomic mass is 16.5. The smallest absolute Gasteiger partial charge is 0.355 e. The van der Waals surface area contributed by atoms with Gasteiger partial charge >= 0.3 is 17.9 Å². The number of rotatable bonds is 8. The lowest BCUT2D eigenvalue weighted by Crippen LogP contribution is -2.08. The van der Waals surface area contributed by atoms with E-state index in [4.69, 9.17) is 14.2 Å². The van der Waals surface area contributed by atoms with E-state index in [9.17, 15) is 14.4 Å². The van der Waals surface area contributed by atoms with Crippen LogP contribution in [-0.4, -0.2) is 29.5 Å². The molecule has 0 unspecified atom stereocenters. The van der Waals surface area contributed by atoms with Crippen LogP contribution in [0.15, 0.2) is 30.3 Å². The van der Waals surface area contributed by atoms with Gasteiger partial charge in [0.1, 0.15) is 18.9 Å². The fourth-order valence-corrected chi connectivity index (χ4v) is 2.63. The average Bonchev–Trinajstić information content (AvgIpc) is 2.95. The second kappa shape index (κ2) is 9.56. The first-order chi connectivity index (χ1) is 12.9. The summed E-state index contributed by atoms with van der Waals surface area (Å²) in [6.45, 7) is 4.73. The summed E-state index contributed by atoms with van der Waals surface area (Å²) in [5.41, 5.74) is 3.21. The van der Waals surface area contributed by atoms with Crippen molar-refractivity contribution in [2.75, 3.05) is 6.61 Å². The second-order valence-corrected chi connectivity index (χ2v) is 6.01. The normalized spacial score (nSPS) is 10.3. The molecule has 7 nitrogen and oxygen atoms in total. The van der Waals surface area contributed by atoms with Crippen LogP contribution in [0.3, 0.4) is 0 Å². The molecule has 0 atom stereocenters. The molecule has 7 heteroatoms. The van der Waals surface area contributed by atoms with E-state index in [1.807, 2.05) is 30.3 Å². The Balaban J connectivity index is 2.14. The predicted octanol–water partition coefficient (Wildman–Crippen LogP) is 2.85. The van der Waals surface area contributed by atoms with Gasteiger partial charge in [-0.2, -0.15) is 0 Å². The summed E-state index contributed by atoms with van der Waals surface area (Å²) in [5.74, 6) is -1.31. The van der Waals surface area contributed by atoms with E-state index in [2.05, 4.69) is 4.98 Å². The number of benzene rings is 1. The molecule has 1 aromatic carbocycles. The van der Waals surface area contributed by atoms with Crippen LogP contribution in [0.25, 0.3) is 0 Å². The topological polar surface area (TPSA) is 94.7 Å². The van der Waals surface area contributed by atoms with Crippen molar-refractivity contribution in [2.24, 2.45) is 0 Å². The van der Waals surface area contributed by atoms with Crippen molar-refractivity contribution >= 4 is 17.9 Å². The van der Waals surface area contributed by atoms with Gasteiger partial charge in [-0.15, -0.1) is 0 Å². The first-order valence-electron chi connectivity index (χ1n) is 8.56. The van der Waals surface area contributed by atoms with Crippen molar-refractivity contribution < 1.29 is 28.6 Å². The molecule has 1 aromatic heterocycles. The van der Waals surface area contributed by atoms with Crippen molar-refractivity contribution in [3.63, 3.8) is 0 Å². The third-order valence-electron chi connectivity index (χ3n) is 3.96. The zero-order chi connectivity index (χ0) is 19.8. The van der Waals surface area contributed by atoms with E-state index in [1.165, 1.54) is 13.8 Å². The lowest BCUT2D eigenvalue weighted by atomic mass is 10.1. The molecule has 0 saturated carbocycles. The fraction of sp³-hybridized carbons (Fsp3) is 0.350. The Morgan fingerprint density at radius 1 is 0.926 bits per heavy atom. The Hall–Kier alpha value is -3.09. The molecule has 0 saturated heterocycles. The maximum atomic E-state index is 12.5. The van der Waals surface area contributed by atoms with Crippen LogP contribution < -0.4 is 0 Å². The second-order valence-electron chi connectivity index (χ2n) is 6.01. The van der Waals surface area contributed by atoms with Gasteiger partial charge in [0.25, 0.3) is 0 Å². The van der Waals surface area contributed by atoms with E-state index in [0.29, 0.717) is 23.4 Å². The molecular weight excluding hydrogens is 350 g/mol. The van der Waals surface area contributed by atoms with Crippen LogP contribution in [-0.2, 0) is 43.4 Å². The minimum Gasteiger partial charge on any atom is -0.466 e. The number of hydrogen-bond donors (Lipinski definition) is 1. The molecule has 27 heavy (non-hydrogen) atoms. The molecule has 1 N–H and O–H groups in total. The number of aromatic amines is 1. The number of carbonyl (C=O) groups excluding carboxylic acids is 3.